The summed E-state index contributed by atoms with van der Waals surface area (Å²) in [5.41, 5.74) is 0. The minimum Gasteiger partial charge on any atom is -0.388 e. The summed E-state index contributed by atoms with van der Waals surface area (Å²) >= 11 is 3.39. The van der Waals surface area contributed by atoms with Crippen LogP contribution in [0, 0.1) is 17.8 Å². The van der Waals surface area contributed by atoms with Crippen LogP contribution in [0.3, 0.4) is 0 Å². The highest BCUT2D eigenvalue weighted by molar-refractivity contribution is 7.58. The minimum absolute atomic E-state index is 0.166. The Morgan fingerprint density at radius 3 is 2.57 bits per heavy atom. The van der Waals surface area contributed by atoms with Crippen molar-refractivity contribution in [3.8, 4) is 0 Å². The molecule has 1 nitrogen and oxygen atoms in total. The van der Waals surface area contributed by atoms with Gasteiger partial charge in [0.25, 0.3) is 0 Å². The molecule has 1 rings (SSSR count). The second-order valence-corrected chi connectivity index (χ2v) is 5.41. The highest BCUT2D eigenvalue weighted by Gasteiger charge is 2.25. The van der Waals surface area contributed by atoms with Crippen LogP contribution in [0.4, 0.5) is 0 Å². The predicted molar refractivity (Wildman–Crippen MR) is 65.9 cm³/mol. The van der Waals surface area contributed by atoms with Gasteiger partial charge in [-0.05, 0) is 36.8 Å². The van der Waals surface area contributed by atoms with E-state index in [9.17, 15) is 5.11 Å². The van der Waals surface area contributed by atoms with Gasteiger partial charge in [-0.1, -0.05) is 39.5 Å². The van der Waals surface area contributed by atoms with Crippen LogP contribution < -0.4 is 0 Å². The number of hydrogen-bond acceptors (Lipinski definition) is 1. The van der Waals surface area contributed by atoms with Gasteiger partial charge in [0.2, 0.25) is 0 Å². The van der Waals surface area contributed by atoms with Crippen LogP contribution in [0.1, 0.15) is 46.0 Å². The zero-order valence-electron chi connectivity index (χ0n) is 9.50. The first kappa shape index (κ1) is 12.4. The van der Waals surface area contributed by atoms with Crippen molar-refractivity contribution >= 4 is 12.6 Å². The first-order chi connectivity index (χ1) is 6.65. The lowest BCUT2D eigenvalue weighted by Crippen LogP contribution is -2.26. The highest BCUT2D eigenvalue weighted by Crippen LogP contribution is 2.34. The van der Waals surface area contributed by atoms with Crippen molar-refractivity contribution in [2.45, 2.75) is 52.1 Å². The molecule has 0 amide bonds. The summed E-state index contributed by atoms with van der Waals surface area (Å²) in [6.07, 6.45) is 6.60. The quantitative estimate of drug-likeness (QED) is 0.716. The van der Waals surface area contributed by atoms with Gasteiger partial charge >= 0.3 is 0 Å². The van der Waals surface area contributed by atoms with Crippen LogP contribution in [0.15, 0.2) is 0 Å². The highest BCUT2D eigenvalue weighted by atomic mass is 32.1. The minimum atomic E-state index is -0.166. The lowest BCUT2D eigenvalue weighted by atomic mass is 9.75. The van der Waals surface area contributed by atoms with Crippen LogP contribution in [-0.2, 0) is 12.6 Å². The lowest BCUT2D eigenvalue weighted by Gasteiger charge is -2.31. The van der Waals surface area contributed by atoms with E-state index in [-0.39, 0.29) is 6.10 Å². The van der Waals surface area contributed by atoms with Gasteiger partial charge in [-0.3, -0.25) is 0 Å². The summed E-state index contributed by atoms with van der Waals surface area (Å²) in [5.74, 6) is 2.88. The summed E-state index contributed by atoms with van der Waals surface area (Å²) in [6, 6.07) is 0. The summed E-state index contributed by atoms with van der Waals surface area (Å²) in [6.45, 7) is 4.54. The van der Waals surface area contributed by atoms with Gasteiger partial charge in [-0.25, -0.2) is 0 Å². The Labute approximate surface area is 93.7 Å². The van der Waals surface area contributed by atoms with E-state index in [4.69, 9.17) is 0 Å². The average Bonchev–Trinajstić information content (AvgIpc) is 2.20. The Kier molecular flexibility index (Phi) is 5.32. The Hall–Kier alpha value is 0.310. The van der Waals surface area contributed by atoms with E-state index < -0.39 is 0 Å². The lowest BCUT2D eigenvalue weighted by molar-refractivity contribution is 0.104. The maximum absolute atomic E-state index is 9.69. The molecule has 0 radical (unpaired) electrons. The summed E-state index contributed by atoms with van der Waals surface area (Å²) < 4.78 is 0. The monoisotopic (exact) mass is 217 g/mol. The van der Waals surface area contributed by atoms with Gasteiger partial charge < -0.3 is 5.11 Å². The molecule has 3 unspecified atom stereocenters. The van der Waals surface area contributed by atoms with E-state index in [0.29, 0.717) is 11.7 Å². The Balaban J connectivity index is 2.34. The van der Waals surface area contributed by atoms with E-state index >= 15 is 0 Å². The van der Waals surface area contributed by atoms with Crippen molar-refractivity contribution in [3.05, 3.63) is 0 Å². The van der Waals surface area contributed by atoms with Crippen molar-refractivity contribution in [1.82, 2.24) is 0 Å². The fourth-order valence-electron chi connectivity index (χ4n) is 2.58. The number of rotatable bonds is 4. The maximum atomic E-state index is 9.69. The van der Waals surface area contributed by atoms with Crippen molar-refractivity contribution in [2.75, 3.05) is 5.75 Å². The molecule has 84 valence electrons. The summed E-state index contributed by atoms with van der Waals surface area (Å²) in [5, 5.41) is 9.69. The Bertz CT molecular complexity index is 160. The first-order valence-electron chi connectivity index (χ1n) is 5.97. The average molecular weight is 217 g/mol. The SMILES string of the molecule is CC1CCCCC1CC(C)[C@@H](O)C[SH2+]. The second-order valence-electron chi connectivity index (χ2n) is 5.01. The van der Waals surface area contributed by atoms with E-state index in [1.807, 2.05) is 0 Å². The predicted octanol–water partition coefficient (Wildman–Crippen LogP) is 2.21. The summed E-state index contributed by atoms with van der Waals surface area (Å²) in [7, 11) is 0. The molecule has 1 fully saturated rings. The molecule has 0 bridgehead atoms. The van der Waals surface area contributed by atoms with Crippen LogP contribution in [-0.4, -0.2) is 17.0 Å². The van der Waals surface area contributed by atoms with Gasteiger partial charge in [0.1, 0.15) is 11.9 Å². The molecule has 1 saturated carbocycles. The zero-order chi connectivity index (χ0) is 10.6. The van der Waals surface area contributed by atoms with Crippen LogP contribution in [0.2, 0.25) is 0 Å². The van der Waals surface area contributed by atoms with E-state index in [1.165, 1.54) is 32.1 Å². The molecule has 4 atom stereocenters. The molecule has 0 aliphatic heterocycles. The molecule has 0 heterocycles. The maximum Gasteiger partial charge on any atom is 0.129 e. The smallest absolute Gasteiger partial charge is 0.129 e. The van der Waals surface area contributed by atoms with Crippen LogP contribution >= 0.6 is 0 Å². The largest absolute Gasteiger partial charge is 0.388 e. The number of aliphatic hydroxyl groups is 1. The molecular weight excluding hydrogens is 192 g/mol. The molecule has 0 aromatic rings. The van der Waals surface area contributed by atoms with Gasteiger partial charge in [0.15, 0.2) is 0 Å². The number of hydrogen-bond donors (Lipinski definition) is 1. The van der Waals surface area contributed by atoms with E-state index in [2.05, 4.69) is 26.5 Å². The fraction of sp³-hybridized carbons (Fsp3) is 1.00. The molecule has 1 aliphatic rings. The van der Waals surface area contributed by atoms with Crippen LogP contribution in [0.25, 0.3) is 0 Å². The van der Waals surface area contributed by atoms with Crippen molar-refractivity contribution in [2.24, 2.45) is 17.8 Å². The Morgan fingerprint density at radius 1 is 1.36 bits per heavy atom. The van der Waals surface area contributed by atoms with Crippen molar-refractivity contribution in [1.29, 1.82) is 0 Å². The molecular formula is C12H25OS+. The van der Waals surface area contributed by atoms with Gasteiger partial charge in [0, 0.05) is 0 Å². The zero-order valence-corrected chi connectivity index (χ0v) is 10.5. The third-order valence-electron chi connectivity index (χ3n) is 3.83. The standard InChI is InChI=1S/C12H24OS/c1-9-5-3-4-6-11(9)7-10(2)12(13)8-14/h9-14H,3-8H2,1-2H3/p+1/t9?,10?,11?,12-/m0/s1. The molecule has 14 heavy (non-hydrogen) atoms. The molecule has 1 N–H and O–H groups in total. The first-order valence-corrected chi connectivity index (χ1v) is 6.68. The van der Waals surface area contributed by atoms with Crippen molar-refractivity contribution in [3.63, 3.8) is 0 Å². The third-order valence-corrected chi connectivity index (χ3v) is 4.25. The second kappa shape index (κ2) is 6.02. The van der Waals surface area contributed by atoms with Gasteiger partial charge in [0.05, 0.1) is 0 Å². The Morgan fingerprint density at radius 2 is 2.00 bits per heavy atom. The van der Waals surface area contributed by atoms with Gasteiger partial charge in [-0.2, -0.15) is 0 Å². The molecule has 0 aromatic carbocycles. The molecule has 0 aromatic heterocycles. The third kappa shape index (κ3) is 3.47. The molecule has 1 aliphatic carbocycles. The fourth-order valence-corrected chi connectivity index (χ4v) is 2.98. The molecule has 2 heteroatoms. The molecule has 0 spiro atoms. The topological polar surface area (TPSA) is 20.2 Å². The number of aliphatic hydroxyl groups excluding tert-OH is 1. The van der Waals surface area contributed by atoms with Gasteiger partial charge in [-0.15, -0.1) is 0 Å². The van der Waals surface area contributed by atoms with E-state index in [1.54, 1.807) is 0 Å². The van der Waals surface area contributed by atoms with Crippen molar-refractivity contribution < 1.29 is 5.11 Å². The van der Waals surface area contributed by atoms with Crippen LogP contribution in [0.5, 0.6) is 0 Å². The molecule has 0 saturated heterocycles. The summed E-state index contributed by atoms with van der Waals surface area (Å²) in [4.78, 5) is 0. The normalized spacial score (nSPS) is 32.6. The van der Waals surface area contributed by atoms with E-state index in [0.717, 1.165) is 11.8 Å².